The van der Waals surface area contributed by atoms with Crippen LogP contribution in [-0.2, 0) is 22.2 Å². The Kier molecular flexibility index (Phi) is 9.17. The summed E-state index contributed by atoms with van der Waals surface area (Å²) in [5, 5.41) is 20.5. The highest BCUT2D eigenvalue weighted by atomic mass is 35.5. The molecule has 2 aromatic carbocycles. The van der Waals surface area contributed by atoms with Gasteiger partial charge >= 0.3 is 5.97 Å². The minimum absolute atomic E-state index is 0.129. The average Bonchev–Trinajstić information content (AvgIpc) is 3.55. The SMILES string of the molecule is CC(C)(O)c1ccccc1CCCSCC1(c2cccc(/C=C/c3ccc4sc(Cl)c(Cl)c4n3)c2)CC1CC(=O)O. The number of halogens is 2. The van der Waals surface area contributed by atoms with E-state index in [4.69, 9.17) is 23.2 Å². The predicted octanol–water partition coefficient (Wildman–Crippen LogP) is 9.10. The van der Waals surface area contributed by atoms with Gasteiger partial charge in [-0.05, 0) is 85.2 Å². The van der Waals surface area contributed by atoms with E-state index in [0.717, 1.165) is 52.3 Å². The number of thioether (sulfide) groups is 1. The van der Waals surface area contributed by atoms with Crippen LogP contribution in [0.4, 0.5) is 0 Å². The molecule has 2 N–H and O–H groups in total. The van der Waals surface area contributed by atoms with Crippen molar-refractivity contribution in [3.8, 4) is 0 Å². The first-order chi connectivity index (χ1) is 19.6. The Labute approximate surface area is 259 Å². The Balaban J connectivity index is 1.26. The second-order valence-electron chi connectivity index (χ2n) is 11.3. The van der Waals surface area contributed by atoms with Gasteiger partial charge in [-0.15, -0.1) is 11.3 Å². The van der Waals surface area contributed by atoms with Crippen molar-refractivity contribution >= 4 is 74.6 Å². The van der Waals surface area contributed by atoms with Crippen LogP contribution >= 0.6 is 46.3 Å². The Morgan fingerprint density at radius 2 is 1.95 bits per heavy atom. The van der Waals surface area contributed by atoms with Crippen LogP contribution in [-0.4, -0.2) is 32.7 Å². The lowest BCUT2D eigenvalue weighted by Gasteiger charge is -2.22. The Morgan fingerprint density at radius 1 is 1.15 bits per heavy atom. The van der Waals surface area contributed by atoms with Crippen molar-refractivity contribution in [3.05, 3.63) is 98.0 Å². The van der Waals surface area contributed by atoms with Gasteiger partial charge in [0.25, 0.3) is 0 Å². The molecule has 4 nitrogen and oxygen atoms in total. The Bertz CT molecular complexity index is 1590. The summed E-state index contributed by atoms with van der Waals surface area (Å²) < 4.78 is 1.50. The van der Waals surface area contributed by atoms with Crippen LogP contribution in [0.15, 0.2) is 60.7 Å². The van der Waals surface area contributed by atoms with Gasteiger partial charge in [-0.3, -0.25) is 4.79 Å². The van der Waals surface area contributed by atoms with Gasteiger partial charge in [-0.1, -0.05) is 77.8 Å². The largest absolute Gasteiger partial charge is 0.481 e. The maximum atomic E-state index is 11.6. The van der Waals surface area contributed by atoms with E-state index >= 15 is 0 Å². The maximum absolute atomic E-state index is 11.6. The van der Waals surface area contributed by atoms with Crippen molar-refractivity contribution in [1.29, 1.82) is 0 Å². The normalized spacial score (nSPS) is 18.8. The van der Waals surface area contributed by atoms with Crippen molar-refractivity contribution in [3.63, 3.8) is 0 Å². The van der Waals surface area contributed by atoms with Crippen molar-refractivity contribution in [2.75, 3.05) is 11.5 Å². The summed E-state index contributed by atoms with van der Waals surface area (Å²) >= 11 is 15.8. The maximum Gasteiger partial charge on any atom is 0.303 e. The molecule has 0 radical (unpaired) electrons. The molecule has 2 unspecified atom stereocenters. The molecule has 0 aliphatic heterocycles. The molecule has 2 heterocycles. The number of hydrogen-bond donors (Lipinski definition) is 2. The molecule has 2 atom stereocenters. The third-order valence-electron chi connectivity index (χ3n) is 7.79. The highest BCUT2D eigenvalue weighted by Crippen LogP contribution is 2.58. The molecule has 214 valence electrons. The number of benzene rings is 2. The molecule has 1 aliphatic rings. The standard InChI is InChI=1S/C33H33Cl2NO3S2/c1-32(2,39)26-11-4-3-8-22(26)9-6-16-40-20-33(19-24(33)18-28(37)38)23-10-5-7-21(17-23)12-13-25-14-15-27-30(36-25)29(34)31(35)41-27/h3-5,7-8,10-15,17,24,39H,6,9,16,18-20H2,1-2H3,(H,37,38)/b13-12+. The molecule has 1 saturated carbocycles. The molecule has 4 aromatic rings. The van der Waals surface area contributed by atoms with Crippen LogP contribution in [0, 0.1) is 5.92 Å². The molecule has 2 aromatic heterocycles. The summed E-state index contributed by atoms with van der Waals surface area (Å²) in [6.45, 7) is 3.65. The number of aliphatic carboxylic acids is 1. The molecule has 1 aliphatic carbocycles. The molecule has 0 bridgehead atoms. The van der Waals surface area contributed by atoms with Crippen molar-refractivity contribution in [2.24, 2.45) is 5.92 Å². The molecular formula is C33H33Cl2NO3S2. The third-order valence-corrected chi connectivity index (χ3v) is 11.0. The average molecular weight is 627 g/mol. The van der Waals surface area contributed by atoms with Gasteiger partial charge in [0, 0.05) is 17.6 Å². The number of thiophene rings is 1. The number of carbonyl (C=O) groups is 1. The zero-order valence-electron chi connectivity index (χ0n) is 23.1. The minimum Gasteiger partial charge on any atom is -0.481 e. The zero-order chi connectivity index (χ0) is 29.2. The number of rotatable bonds is 12. The van der Waals surface area contributed by atoms with E-state index in [2.05, 4.69) is 35.3 Å². The highest BCUT2D eigenvalue weighted by molar-refractivity contribution is 7.99. The van der Waals surface area contributed by atoms with Crippen LogP contribution in [0.5, 0.6) is 0 Å². The molecule has 1 fully saturated rings. The Morgan fingerprint density at radius 3 is 2.73 bits per heavy atom. The first-order valence-electron chi connectivity index (χ1n) is 13.7. The number of aromatic nitrogens is 1. The van der Waals surface area contributed by atoms with Crippen LogP contribution < -0.4 is 0 Å². The minimum atomic E-state index is -0.862. The number of fused-ring (bicyclic) bond motifs is 1. The second kappa shape index (κ2) is 12.5. The smallest absolute Gasteiger partial charge is 0.303 e. The van der Waals surface area contributed by atoms with Crippen LogP contribution in [0.1, 0.15) is 61.1 Å². The van der Waals surface area contributed by atoms with E-state index in [1.807, 2.05) is 68.1 Å². The Hall–Kier alpha value is -2.35. The number of aliphatic hydroxyl groups is 1. The first kappa shape index (κ1) is 30.1. The second-order valence-corrected chi connectivity index (χ2v) is 14.4. The monoisotopic (exact) mass is 625 g/mol. The lowest BCUT2D eigenvalue weighted by Crippen LogP contribution is -2.18. The first-order valence-corrected chi connectivity index (χ1v) is 16.4. The number of pyridine rings is 1. The van der Waals surface area contributed by atoms with Gasteiger partial charge in [-0.25, -0.2) is 4.98 Å². The molecule has 8 heteroatoms. The van der Waals surface area contributed by atoms with Crippen LogP contribution in [0.25, 0.3) is 22.4 Å². The molecule has 5 rings (SSSR count). The predicted molar refractivity (Wildman–Crippen MR) is 174 cm³/mol. The van der Waals surface area contributed by atoms with E-state index < -0.39 is 11.6 Å². The van der Waals surface area contributed by atoms with E-state index in [-0.39, 0.29) is 17.8 Å². The van der Waals surface area contributed by atoms with Gasteiger partial charge in [-0.2, -0.15) is 11.8 Å². The number of carboxylic acids is 1. The van der Waals surface area contributed by atoms with Crippen molar-refractivity contribution < 1.29 is 15.0 Å². The fraction of sp³-hybridized carbons (Fsp3) is 0.333. The third kappa shape index (κ3) is 7.00. The van der Waals surface area contributed by atoms with Crippen molar-refractivity contribution in [2.45, 2.75) is 50.5 Å². The van der Waals surface area contributed by atoms with Gasteiger partial charge in [0.05, 0.1) is 21.0 Å². The van der Waals surface area contributed by atoms with E-state index in [9.17, 15) is 15.0 Å². The molecule has 0 amide bonds. The summed E-state index contributed by atoms with van der Waals surface area (Å²) in [7, 11) is 0. The number of carboxylic acid groups (broad SMARTS) is 1. The molecule has 0 saturated heterocycles. The summed E-state index contributed by atoms with van der Waals surface area (Å²) in [5.41, 5.74) is 4.93. The summed E-state index contributed by atoms with van der Waals surface area (Å²) in [6.07, 6.45) is 6.98. The van der Waals surface area contributed by atoms with Crippen LogP contribution in [0.3, 0.4) is 0 Å². The lowest BCUT2D eigenvalue weighted by atomic mass is 9.91. The molecule has 41 heavy (non-hydrogen) atoms. The number of nitrogens with zero attached hydrogens (tertiary/aromatic N) is 1. The van der Waals surface area contributed by atoms with E-state index in [1.54, 1.807) is 0 Å². The van der Waals surface area contributed by atoms with Crippen molar-refractivity contribution in [1.82, 2.24) is 4.98 Å². The lowest BCUT2D eigenvalue weighted by molar-refractivity contribution is -0.137. The van der Waals surface area contributed by atoms with Gasteiger partial charge in [0.2, 0.25) is 0 Å². The van der Waals surface area contributed by atoms with E-state index in [0.29, 0.717) is 14.9 Å². The summed E-state index contributed by atoms with van der Waals surface area (Å²) in [4.78, 5) is 16.3. The summed E-state index contributed by atoms with van der Waals surface area (Å²) in [5.74, 6) is 1.26. The molecule has 0 spiro atoms. The fourth-order valence-electron chi connectivity index (χ4n) is 5.59. The van der Waals surface area contributed by atoms with Gasteiger partial charge < -0.3 is 10.2 Å². The summed E-state index contributed by atoms with van der Waals surface area (Å²) in [6, 6.07) is 20.5. The topological polar surface area (TPSA) is 70.4 Å². The van der Waals surface area contributed by atoms with Gasteiger partial charge in [0.15, 0.2) is 0 Å². The van der Waals surface area contributed by atoms with Crippen LogP contribution in [0.2, 0.25) is 9.36 Å². The number of hydrogen-bond acceptors (Lipinski definition) is 5. The number of aryl methyl sites for hydroxylation is 1. The van der Waals surface area contributed by atoms with E-state index in [1.165, 1.54) is 22.5 Å². The molecular weight excluding hydrogens is 593 g/mol. The highest BCUT2D eigenvalue weighted by Gasteiger charge is 2.55. The fourth-order valence-corrected chi connectivity index (χ4v) is 8.38. The zero-order valence-corrected chi connectivity index (χ0v) is 26.2. The van der Waals surface area contributed by atoms with Gasteiger partial charge in [0.1, 0.15) is 9.85 Å². The quantitative estimate of drug-likeness (QED) is 0.154.